The number of thiocarbonyl (C=S) groups is 1. The van der Waals surface area contributed by atoms with Gasteiger partial charge < -0.3 is 29.4 Å². The van der Waals surface area contributed by atoms with Crippen LogP contribution in [0.3, 0.4) is 0 Å². The fourth-order valence-corrected chi connectivity index (χ4v) is 3.73. The topological polar surface area (TPSA) is 75.8 Å². The summed E-state index contributed by atoms with van der Waals surface area (Å²) in [5.41, 5.74) is 2.26. The molecule has 32 heavy (non-hydrogen) atoms. The van der Waals surface area contributed by atoms with Gasteiger partial charge in [-0.2, -0.15) is 0 Å². The average Bonchev–Trinajstić information content (AvgIpc) is 3.23. The van der Waals surface area contributed by atoms with E-state index in [1.54, 1.807) is 13.2 Å². The molecule has 0 aliphatic carbocycles. The first-order chi connectivity index (χ1) is 15.4. The van der Waals surface area contributed by atoms with Gasteiger partial charge in [0.25, 0.3) is 5.56 Å². The summed E-state index contributed by atoms with van der Waals surface area (Å²) in [6.45, 7) is 6.13. The molecule has 1 aliphatic rings. The quantitative estimate of drug-likeness (QED) is 0.527. The zero-order valence-corrected chi connectivity index (χ0v) is 19.3. The van der Waals surface area contributed by atoms with Crippen molar-refractivity contribution in [3.05, 3.63) is 63.9 Å². The van der Waals surface area contributed by atoms with Crippen LogP contribution in [0, 0.1) is 5.92 Å². The number of nitrogens with zero attached hydrogens (tertiary/aromatic N) is 1. The van der Waals surface area contributed by atoms with Gasteiger partial charge in [-0.05, 0) is 48.0 Å². The van der Waals surface area contributed by atoms with Crippen molar-refractivity contribution < 1.29 is 14.2 Å². The summed E-state index contributed by atoms with van der Waals surface area (Å²) in [6, 6.07) is 13.4. The zero-order valence-electron chi connectivity index (χ0n) is 18.4. The number of hydrogen-bond donors (Lipinski definition) is 2. The van der Waals surface area contributed by atoms with Crippen LogP contribution in [0.15, 0.2) is 47.3 Å². The molecule has 2 heterocycles. The monoisotopic (exact) mass is 453 g/mol. The van der Waals surface area contributed by atoms with Gasteiger partial charge in [0, 0.05) is 30.1 Å². The van der Waals surface area contributed by atoms with Crippen molar-refractivity contribution in [2.45, 2.75) is 26.9 Å². The maximum absolute atomic E-state index is 12.9. The molecule has 0 unspecified atom stereocenters. The molecule has 0 bridgehead atoms. The third-order valence-electron chi connectivity index (χ3n) is 5.26. The Morgan fingerprint density at radius 2 is 1.88 bits per heavy atom. The first kappa shape index (κ1) is 22.0. The first-order valence-electron chi connectivity index (χ1n) is 10.5. The Hall–Kier alpha value is -3.26. The molecule has 0 radical (unpaired) electrons. The highest BCUT2D eigenvalue weighted by molar-refractivity contribution is 7.80. The highest BCUT2D eigenvalue weighted by atomic mass is 32.1. The number of H-pyrrole nitrogens is 1. The number of aromatic amines is 1. The van der Waals surface area contributed by atoms with Crippen LogP contribution < -0.4 is 25.1 Å². The Morgan fingerprint density at radius 3 is 2.56 bits per heavy atom. The molecule has 4 rings (SSSR count). The molecule has 7 nitrogen and oxygen atoms in total. The molecule has 2 N–H and O–H groups in total. The van der Waals surface area contributed by atoms with E-state index >= 15 is 0 Å². The van der Waals surface area contributed by atoms with Gasteiger partial charge in [-0.3, -0.25) is 4.79 Å². The minimum absolute atomic E-state index is 0.150. The molecule has 0 spiro atoms. The Morgan fingerprint density at radius 1 is 1.16 bits per heavy atom. The van der Waals surface area contributed by atoms with Crippen LogP contribution in [-0.4, -0.2) is 35.4 Å². The van der Waals surface area contributed by atoms with Gasteiger partial charge in [-0.15, -0.1) is 0 Å². The van der Waals surface area contributed by atoms with E-state index in [0.29, 0.717) is 46.7 Å². The third kappa shape index (κ3) is 4.96. The lowest BCUT2D eigenvalue weighted by atomic mass is 10.1. The fourth-order valence-electron chi connectivity index (χ4n) is 3.52. The van der Waals surface area contributed by atoms with Gasteiger partial charge >= 0.3 is 0 Å². The SMILES string of the molecule is COc1ccc(CN(Cc2cc3cc4c(cc3[nH]c2=O)OCO4)C(=S)NCC(C)C)cc1. The number of methoxy groups -OCH3 is 1. The van der Waals surface area contributed by atoms with E-state index in [0.717, 1.165) is 23.2 Å². The van der Waals surface area contributed by atoms with Crippen molar-refractivity contribution in [1.82, 2.24) is 15.2 Å². The van der Waals surface area contributed by atoms with Gasteiger partial charge in [0.2, 0.25) is 6.79 Å². The molecule has 1 aromatic heterocycles. The maximum Gasteiger partial charge on any atom is 0.253 e. The predicted molar refractivity (Wildman–Crippen MR) is 128 cm³/mol. The Bertz CT molecular complexity index is 1170. The van der Waals surface area contributed by atoms with Crippen molar-refractivity contribution >= 4 is 28.2 Å². The maximum atomic E-state index is 12.9. The average molecular weight is 454 g/mol. The first-order valence-corrected chi connectivity index (χ1v) is 10.9. The molecule has 0 fully saturated rings. The summed E-state index contributed by atoms with van der Waals surface area (Å²) < 4.78 is 16.2. The molecule has 3 aromatic rings. The van der Waals surface area contributed by atoms with Crippen LogP contribution in [0.1, 0.15) is 25.0 Å². The fraction of sp³-hybridized carbons (Fsp3) is 0.333. The number of benzene rings is 2. The molecular weight excluding hydrogens is 426 g/mol. The molecule has 0 amide bonds. The summed E-state index contributed by atoms with van der Waals surface area (Å²) >= 11 is 5.69. The largest absolute Gasteiger partial charge is 0.497 e. The van der Waals surface area contributed by atoms with E-state index in [-0.39, 0.29) is 12.4 Å². The third-order valence-corrected chi connectivity index (χ3v) is 5.66. The van der Waals surface area contributed by atoms with E-state index in [9.17, 15) is 4.79 Å². The van der Waals surface area contributed by atoms with E-state index < -0.39 is 0 Å². The summed E-state index contributed by atoms with van der Waals surface area (Å²) in [5, 5.41) is 4.81. The second-order valence-electron chi connectivity index (χ2n) is 8.20. The normalized spacial score (nSPS) is 12.2. The van der Waals surface area contributed by atoms with Crippen LogP contribution in [0.25, 0.3) is 10.9 Å². The number of ether oxygens (including phenoxy) is 3. The van der Waals surface area contributed by atoms with Crippen molar-refractivity contribution in [1.29, 1.82) is 0 Å². The molecule has 2 aromatic carbocycles. The van der Waals surface area contributed by atoms with E-state index in [2.05, 4.69) is 24.1 Å². The number of pyridine rings is 1. The van der Waals surface area contributed by atoms with Crippen molar-refractivity contribution in [3.63, 3.8) is 0 Å². The second kappa shape index (κ2) is 9.48. The van der Waals surface area contributed by atoms with Gasteiger partial charge in [0.05, 0.1) is 19.2 Å². The van der Waals surface area contributed by atoms with Gasteiger partial charge in [-0.25, -0.2) is 0 Å². The second-order valence-corrected chi connectivity index (χ2v) is 8.59. The lowest BCUT2D eigenvalue weighted by molar-refractivity contribution is 0.174. The summed E-state index contributed by atoms with van der Waals surface area (Å²) in [5.74, 6) is 2.57. The Kier molecular flexibility index (Phi) is 6.50. The molecule has 0 saturated heterocycles. The van der Waals surface area contributed by atoms with E-state index in [1.807, 2.05) is 41.3 Å². The van der Waals surface area contributed by atoms with Crippen molar-refractivity contribution in [2.24, 2.45) is 5.92 Å². The Labute approximate surface area is 192 Å². The van der Waals surface area contributed by atoms with Crippen LogP contribution in [0.5, 0.6) is 17.2 Å². The summed E-state index contributed by atoms with van der Waals surface area (Å²) in [7, 11) is 1.64. The Balaban J connectivity index is 1.62. The van der Waals surface area contributed by atoms with Crippen LogP contribution in [0.2, 0.25) is 0 Å². The molecule has 8 heteroatoms. The van der Waals surface area contributed by atoms with E-state index in [4.69, 9.17) is 26.4 Å². The smallest absolute Gasteiger partial charge is 0.253 e. The lowest BCUT2D eigenvalue weighted by Gasteiger charge is -2.26. The lowest BCUT2D eigenvalue weighted by Crippen LogP contribution is -2.41. The molecule has 168 valence electrons. The highest BCUT2D eigenvalue weighted by Crippen LogP contribution is 2.35. The molecule has 0 atom stereocenters. The summed E-state index contributed by atoms with van der Waals surface area (Å²) in [6.07, 6.45) is 0. The molecule has 1 aliphatic heterocycles. The van der Waals surface area contributed by atoms with Gasteiger partial charge in [0.15, 0.2) is 16.6 Å². The number of fused-ring (bicyclic) bond motifs is 2. The standard InChI is InChI=1S/C24H27N3O4S/c1-15(2)11-25-24(32)27(12-16-4-6-19(29-3)7-5-16)13-18-8-17-9-21-22(31-14-30-21)10-20(17)26-23(18)28/h4-10,15H,11-14H2,1-3H3,(H,25,32)(H,26,28). The minimum atomic E-state index is -0.150. The number of nitrogens with one attached hydrogen (secondary N) is 2. The van der Waals surface area contributed by atoms with Crippen LogP contribution in [-0.2, 0) is 13.1 Å². The predicted octanol–water partition coefficient (Wildman–Crippen LogP) is 3.80. The number of hydrogen-bond acceptors (Lipinski definition) is 5. The number of aromatic nitrogens is 1. The van der Waals surface area contributed by atoms with Gasteiger partial charge in [-0.1, -0.05) is 26.0 Å². The molecular formula is C24H27N3O4S. The van der Waals surface area contributed by atoms with E-state index in [1.165, 1.54) is 0 Å². The summed E-state index contributed by atoms with van der Waals surface area (Å²) in [4.78, 5) is 17.8. The van der Waals surface area contributed by atoms with Crippen LogP contribution in [0.4, 0.5) is 0 Å². The van der Waals surface area contributed by atoms with Crippen molar-refractivity contribution in [3.8, 4) is 17.2 Å². The minimum Gasteiger partial charge on any atom is -0.497 e. The zero-order chi connectivity index (χ0) is 22.7. The number of rotatable bonds is 7. The van der Waals surface area contributed by atoms with Crippen molar-refractivity contribution in [2.75, 3.05) is 20.4 Å². The molecule has 0 saturated carbocycles. The van der Waals surface area contributed by atoms with Gasteiger partial charge in [0.1, 0.15) is 5.75 Å². The highest BCUT2D eigenvalue weighted by Gasteiger charge is 2.18. The van der Waals surface area contributed by atoms with Crippen LogP contribution >= 0.6 is 12.2 Å².